The average Bonchev–Trinajstić information content (AvgIpc) is 2.79. The van der Waals surface area contributed by atoms with Crippen molar-refractivity contribution in [2.45, 2.75) is 26.2 Å². The predicted molar refractivity (Wildman–Crippen MR) is 125 cm³/mol. The first-order valence-corrected chi connectivity index (χ1v) is 11.2. The SMILES string of the molecule is CN1CCN(c2cc(N3CCN(C(=O)c4ccc(C(C)(C)C)cc4)CC3)ncn2)CC1. The van der Waals surface area contributed by atoms with Gasteiger partial charge in [0.25, 0.3) is 5.91 Å². The van der Waals surface area contributed by atoms with Crippen LogP contribution in [0.25, 0.3) is 0 Å². The van der Waals surface area contributed by atoms with Crippen LogP contribution in [0, 0.1) is 0 Å². The third-order valence-electron chi connectivity index (χ3n) is 6.35. The zero-order chi connectivity index (χ0) is 22.0. The molecule has 1 aromatic carbocycles. The summed E-state index contributed by atoms with van der Waals surface area (Å²) in [7, 11) is 2.16. The lowest BCUT2D eigenvalue weighted by Gasteiger charge is -2.36. The summed E-state index contributed by atoms with van der Waals surface area (Å²) in [6, 6.07) is 10.2. The number of rotatable bonds is 3. The Balaban J connectivity index is 1.36. The number of hydrogen-bond donors (Lipinski definition) is 0. The maximum Gasteiger partial charge on any atom is 0.253 e. The summed E-state index contributed by atoms with van der Waals surface area (Å²) >= 11 is 0. The van der Waals surface area contributed by atoms with Gasteiger partial charge in [0.15, 0.2) is 0 Å². The standard InChI is InChI=1S/C24H34N6O/c1-24(2,3)20-7-5-19(6-8-20)23(31)30-15-13-29(14-16-30)22-17-21(25-18-26-22)28-11-9-27(4)10-12-28/h5-8,17-18H,9-16H2,1-4H3. The summed E-state index contributed by atoms with van der Waals surface area (Å²) in [5.41, 5.74) is 2.10. The van der Waals surface area contributed by atoms with Crippen molar-refractivity contribution >= 4 is 17.5 Å². The van der Waals surface area contributed by atoms with E-state index in [9.17, 15) is 4.79 Å². The van der Waals surface area contributed by atoms with Crippen LogP contribution in [0.4, 0.5) is 11.6 Å². The highest BCUT2D eigenvalue weighted by molar-refractivity contribution is 5.94. The molecule has 7 nitrogen and oxygen atoms in total. The zero-order valence-corrected chi connectivity index (χ0v) is 19.2. The summed E-state index contributed by atoms with van der Waals surface area (Å²) < 4.78 is 0. The van der Waals surface area contributed by atoms with Gasteiger partial charge in [-0.05, 0) is 30.2 Å². The van der Waals surface area contributed by atoms with Crippen LogP contribution in [-0.2, 0) is 5.41 Å². The second-order valence-corrected chi connectivity index (χ2v) is 9.63. The van der Waals surface area contributed by atoms with Crippen molar-refractivity contribution in [3.63, 3.8) is 0 Å². The fraction of sp³-hybridized carbons (Fsp3) is 0.542. The van der Waals surface area contributed by atoms with Crippen molar-refractivity contribution in [3.05, 3.63) is 47.8 Å². The fourth-order valence-corrected chi connectivity index (χ4v) is 4.15. The van der Waals surface area contributed by atoms with Crippen LogP contribution in [-0.4, -0.2) is 85.1 Å². The van der Waals surface area contributed by atoms with Crippen molar-refractivity contribution in [2.24, 2.45) is 0 Å². The Morgan fingerprint density at radius 1 is 0.806 bits per heavy atom. The van der Waals surface area contributed by atoms with Crippen LogP contribution in [0.2, 0.25) is 0 Å². The Hall–Kier alpha value is -2.67. The molecule has 4 rings (SSSR count). The Kier molecular flexibility index (Phi) is 6.14. The Bertz CT molecular complexity index is 891. The first-order valence-electron chi connectivity index (χ1n) is 11.2. The van der Waals surface area contributed by atoms with Crippen LogP contribution in [0.5, 0.6) is 0 Å². The van der Waals surface area contributed by atoms with Crippen LogP contribution in [0.1, 0.15) is 36.7 Å². The summed E-state index contributed by atoms with van der Waals surface area (Å²) in [6.07, 6.45) is 1.66. The van der Waals surface area contributed by atoms with Crippen LogP contribution in [0.3, 0.4) is 0 Å². The van der Waals surface area contributed by atoms with Crippen molar-refractivity contribution < 1.29 is 4.79 Å². The van der Waals surface area contributed by atoms with Gasteiger partial charge in [0, 0.05) is 64.0 Å². The molecule has 0 radical (unpaired) electrons. The van der Waals surface area contributed by atoms with E-state index in [0.717, 1.165) is 56.5 Å². The minimum absolute atomic E-state index is 0.0910. The van der Waals surface area contributed by atoms with E-state index >= 15 is 0 Å². The molecular formula is C24H34N6O. The molecule has 0 atom stereocenters. The molecule has 2 fully saturated rings. The average molecular weight is 423 g/mol. The molecule has 2 aliphatic heterocycles. The van der Waals surface area contributed by atoms with E-state index in [1.165, 1.54) is 5.56 Å². The Labute approximate surface area is 185 Å². The van der Waals surface area contributed by atoms with E-state index in [2.05, 4.69) is 70.7 Å². The monoisotopic (exact) mass is 422 g/mol. The molecule has 2 aromatic rings. The zero-order valence-electron chi connectivity index (χ0n) is 19.2. The van der Waals surface area contributed by atoms with E-state index in [1.807, 2.05) is 17.0 Å². The molecule has 0 unspecified atom stereocenters. The maximum absolute atomic E-state index is 13.0. The highest BCUT2D eigenvalue weighted by Crippen LogP contribution is 2.23. The van der Waals surface area contributed by atoms with Gasteiger partial charge in [-0.2, -0.15) is 0 Å². The smallest absolute Gasteiger partial charge is 0.253 e. The summed E-state index contributed by atoms with van der Waals surface area (Å²) in [5.74, 6) is 2.06. The number of likely N-dealkylation sites (N-methyl/N-ethyl adjacent to an activating group) is 1. The highest BCUT2D eigenvalue weighted by atomic mass is 16.2. The second-order valence-electron chi connectivity index (χ2n) is 9.63. The Morgan fingerprint density at radius 2 is 1.32 bits per heavy atom. The molecule has 0 bridgehead atoms. The molecule has 7 heteroatoms. The van der Waals surface area contributed by atoms with E-state index in [-0.39, 0.29) is 11.3 Å². The molecule has 2 saturated heterocycles. The quantitative estimate of drug-likeness (QED) is 0.758. The van der Waals surface area contributed by atoms with Gasteiger partial charge in [0.1, 0.15) is 18.0 Å². The first-order chi connectivity index (χ1) is 14.8. The Morgan fingerprint density at radius 3 is 1.84 bits per heavy atom. The van der Waals surface area contributed by atoms with Gasteiger partial charge in [0.05, 0.1) is 0 Å². The normalized spacial score (nSPS) is 18.4. The summed E-state index contributed by atoms with van der Waals surface area (Å²) in [6.45, 7) is 13.6. The number of carbonyl (C=O) groups is 1. The number of carbonyl (C=O) groups excluding carboxylic acids is 1. The predicted octanol–water partition coefficient (Wildman–Crippen LogP) is 2.49. The van der Waals surface area contributed by atoms with Crippen molar-refractivity contribution in [1.82, 2.24) is 19.8 Å². The molecule has 1 aromatic heterocycles. The molecule has 0 aliphatic carbocycles. The van der Waals surface area contributed by atoms with Gasteiger partial charge in [-0.3, -0.25) is 4.79 Å². The topological polar surface area (TPSA) is 55.8 Å². The number of amides is 1. The van der Waals surface area contributed by atoms with Gasteiger partial charge in [-0.1, -0.05) is 32.9 Å². The van der Waals surface area contributed by atoms with Gasteiger partial charge in [0.2, 0.25) is 0 Å². The molecule has 1 amide bonds. The summed E-state index contributed by atoms with van der Waals surface area (Å²) in [4.78, 5) is 30.8. The molecule has 31 heavy (non-hydrogen) atoms. The second kappa shape index (κ2) is 8.83. The lowest BCUT2D eigenvalue weighted by atomic mass is 9.86. The van der Waals surface area contributed by atoms with Crippen molar-refractivity contribution in [1.29, 1.82) is 0 Å². The number of nitrogens with zero attached hydrogens (tertiary/aromatic N) is 6. The number of hydrogen-bond acceptors (Lipinski definition) is 6. The van der Waals surface area contributed by atoms with Crippen LogP contribution >= 0.6 is 0 Å². The number of anilines is 2. The lowest BCUT2D eigenvalue weighted by Crippen LogP contribution is -2.49. The molecule has 0 spiro atoms. The van der Waals surface area contributed by atoms with Gasteiger partial charge in [-0.25, -0.2) is 9.97 Å². The molecule has 0 N–H and O–H groups in total. The molecule has 166 valence electrons. The third kappa shape index (κ3) is 4.98. The van der Waals surface area contributed by atoms with E-state index in [0.29, 0.717) is 13.1 Å². The van der Waals surface area contributed by atoms with Gasteiger partial charge in [-0.15, -0.1) is 0 Å². The van der Waals surface area contributed by atoms with E-state index in [4.69, 9.17) is 0 Å². The van der Waals surface area contributed by atoms with Crippen LogP contribution in [0.15, 0.2) is 36.7 Å². The molecular weight excluding hydrogens is 388 g/mol. The van der Waals surface area contributed by atoms with Crippen LogP contribution < -0.4 is 9.80 Å². The molecule has 0 saturated carbocycles. The summed E-state index contributed by atoms with van der Waals surface area (Å²) in [5, 5.41) is 0. The maximum atomic E-state index is 13.0. The van der Waals surface area contributed by atoms with E-state index in [1.54, 1.807) is 6.33 Å². The lowest BCUT2D eigenvalue weighted by molar-refractivity contribution is 0.0746. The fourth-order valence-electron chi connectivity index (χ4n) is 4.15. The third-order valence-corrected chi connectivity index (χ3v) is 6.35. The van der Waals surface area contributed by atoms with Crippen molar-refractivity contribution in [2.75, 3.05) is 69.2 Å². The van der Waals surface area contributed by atoms with Gasteiger partial charge < -0.3 is 19.6 Å². The highest BCUT2D eigenvalue weighted by Gasteiger charge is 2.24. The minimum atomic E-state index is 0.0910. The number of piperazine rings is 2. The van der Waals surface area contributed by atoms with Crippen molar-refractivity contribution in [3.8, 4) is 0 Å². The minimum Gasteiger partial charge on any atom is -0.354 e. The first kappa shape index (κ1) is 21.6. The largest absolute Gasteiger partial charge is 0.354 e. The number of aromatic nitrogens is 2. The van der Waals surface area contributed by atoms with E-state index < -0.39 is 0 Å². The molecule has 2 aliphatic rings. The number of benzene rings is 1. The molecule has 3 heterocycles. The van der Waals surface area contributed by atoms with Gasteiger partial charge >= 0.3 is 0 Å².